The molecule has 2 N–H and O–H groups in total. The summed E-state index contributed by atoms with van der Waals surface area (Å²) in [6.45, 7) is 0.579. The fourth-order valence-corrected chi connectivity index (χ4v) is 1.19. The summed E-state index contributed by atoms with van der Waals surface area (Å²) in [6.07, 6.45) is 4.88. The SMILES string of the molecule is COC(=O)COc1ccc(C=CCCN)cc1. The second-order valence-corrected chi connectivity index (χ2v) is 3.41. The molecule has 0 amide bonds. The van der Waals surface area contributed by atoms with Gasteiger partial charge < -0.3 is 15.2 Å². The summed E-state index contributed by atoms with van der Waals surface area (Å²) in [7, 11) is 1.33. The Hall–Kier alpha value is -1.81. The molecular formula is C13H17NO3. The molecule has 4 nitrogen and oxygen atoms in total. The van der Waals surface area contributed by atoms with Gasteiger partial charge in [-0.25, -0.2) is 4.79 Å². The summed E-state index contributed by atoms with van der Waals surface area (Å²) in [5.74, 6) is 0.253. The fourth-order valence-electron chi connectivity index (χ4n) is 1.19. The molecule has 0 saturated heterocycles. The van der Waals surface area contributed by atoms with Gasteiger partial charge in [0.05, 0.1) is 7.11 Å². The van der Waals surface area contributed by atoms with Crippen LogP contribution in [0, 0.1) is 0 Å². The molecule has 1 aromatic carbocycles. The van der Waals surface area contributed by atoms with E-state index in [9.17, 15) is 4.79 Å². The lowest BCUT2D eigenvalue weighted by atomic mass is 10.2. The van der Waals surface area contributed by atoms with Crippen molar-refractivity contribution in [3.63, 3.8) is 0 Å². The van der Waals surface area contributed by atoms with Crippen molar-refractivity contribution in [1.29, 1.82) is 0 Å². The largest absolute Gasteiger partial charge is 0.482 e. The van der Waals surface area contributed by atoms with Crippen LogP contribution in [-0.2, 0) is 9.53 Å². The van der Waals surface area contributed by atoms with E-state index in [1.807, 2.05) is 36.4 Å². The summed E-state index contributed by atoms with van der Waals surface area (Å²) < 4.78 is 9.69. The van der Waals surface area contributed by atoms with E-state index in [2.05, 4.69) is 4.74 Å². The second-order valence-electron chi connectivity index (χ2n) is 3.41. The Morgan fingerprint density at radius 3 is 2.65 bits per heavy atom. The first kappa shape index (κ1) is 13.3. The third-order valence-corrected chi connectivity index (χ3v) is 2.11. The maximum absolute atomic E-state index is 10.9. The molecule has 0 radical (unpaired) electrons. The molecule has 1 aromatic rings. The molecular weight excluding hydrogens is 218 g/mol. The van der Waals surface area contributed by atoms with E-state index in [0.29, 0.717) is 12.3 Å². The molecule has 92 valence electrons. The number of methoxy groups -OCH3 is 1. The molecule has 0 bridgehead atoms. The van der Waals surface area contributed by atoms with Gasteiger partial charge in [0.1, 0.15) is 5.75 Å². The predicted molar refractivity (Wildman–Crippen MR) is 66.7 cm³/mol. The Morgan fingerprint density at radius 1 is 1.35 bits per heavy atom. The molecule has 0 heterocycles. The first-order chi connectivity index (χ1) is 8.26. The molecule has 17 heavy (non-hydrogen) atoms. The lowest BCUT2D eigenvalue weighted by molar-refractivity contribution is -0.142. The van der Waals surface area contributed by atoms with Gasteiger partial charge in [0, 0.05) is 0 Å². The molecule has 0 unspecified atom stereocenters. The van der Waals surface area contributed by atoms with Gasteiger partial charge in [0.25, 0.3) is 0 Å². The Kier molecular flexibility index (Phi) is 5.82. The molecule has 0 saturated carbocycles. The van der Waals surface area contributed by atoms with Crippen molar-refractivity contribution in [2.75, 3.05) is 20.3 Å². The van der Waals surface area contributed by atoms with E-state index in [4.69, 9.17) is 10.5 Å². The van der Waals surface area contributed by atoms with Gasteiger partial charge >= 0.3 is 5.97 Å². The molecule has 0 aliphatic heterocycles. The first-order valence-corrected chi connectivity index (χ1v) is 5.42. The average molecular weight is 235 g/mol. The van der Waals surface area contributed by atoms with Gasteiger partial charge in [-0.1, -0.05) is 24.3 Å². The van der Waals surface area contributed by atoms with E-state index in [1.165, 1.54) is 7.11 Å². The monoisotopic (exact) mass is 235 g/mol. The molecule has 0 fully saturated rings. The van der Waals surface area contributed by atoms with Crippen LogP contribution in [0.4, 0.5) is 0 Å². The molecule has 0 spiro atoms. The third-order valence-electron chi connectivity index (χ3n) is 2.11. The zero-order chi connectivity index (χ0) is 12.5. The van der Waals surface area contributed by atoms with Crippen molar-refractivity contribution in [2.45, 2.75) is 6.42 Å². The van der Waals surface area contributed by atoms with Crippen LogP contribution in [0.5, 0.6) is 5.75 Å². The highest BCUT2D eigenvalue weighted by Crippen LogP contribution is 2.13. The van der Waals surface area contributed by atoms with Crippen LogP contribution in [-0.4, -0.2) is 26.2 Å². The first-order valence-electron chi connectivity index (χ1n) is 5.42. The maximum atomic E-state index is 10.9. The van der Waals surface area contributed by atoms with Crippen molar-refractivity contribution < 1.29 is 14.3 Å². The molecule has 0 aliphatic rings. The number of hydrogen-bond acceptors (Lipinski definition) is 4. The van der Waals surface area contributed by atoms with Crippen molar-refractivity contribution in [2.24, 2.45) is 5.73 Å². The normalized spacial score (nSPS) is 10.5. The quantitative estimate of drug-likeness (QED) is 0.761. The Bertz CT molecular complexity index is 371. The van der Waals surface area contributed by atoms with Crippen LogP contribution >= 0.6 is 0 Å². The molecule has 0 atom stereocenters. The van der Waals surface area contributed by atoms with Gasteiger partial charge in [0.2, 0.25) is 0 Å². The lowest BCUT2D eigenvalue weighted by Crippen LogP contribution is -2.12. The van der Waals surface area contributed by atoms with Crippen molar-refractivity contribution >= 4 is 12.0 Å². The highest BCUT2D eigenvalue weighted by molar-refractivity contribution is 5.70. The van der Waals surface area contributed by atoms with Crippen LogP contribution in [0.3, 0.4) is 0 Å². The number of hydrogen-bond donors (Lipinski definition) is 1. The standard InChI is InChI=1S/C13H17NO3/c1-16-13(15)10-17-12-7-5-11(6-8-12)4-2-3-9-14/h2,4-8H,3,9-10,14H2,1H3. The van der Waals surface area contributed by atoms with Crippen molar-refractivity contribution in [3.8, 4) is 5.75 Å². The number of esters is 1. The summed E-state index contributed by atoms with van der Waals surface area (Å²) >= 11 is 0. The minimum atomic E-state index is -0.392. The summed E-state index contributed by atoms with van der Waals surface area (Å²) in [5.41, 5.74) is 6.46. The van der Waals surface area contributed by atoms with Gasteiger partial charge in [0.15, 0.2) is 6.61 Å². The van der Waals surface area contributed by atoms with Crippen LogP contribution in [0.1, 0.15) is 12.0 Å². The summed E-state index contributed by atoms with van der Waals surface area (Å²) in [6, 6.07) is 7.45. The Morgan fingerprint density at radius 2 is 2.06 bits per heavy atom. The Labute approximate surface area is 101 Å². The maximum Gasteiger partial charge on any atom is 0.343 e. The molecule has 4 heteroatoms. The third kappa shape index (κ3) is 5.17. The van der Waals surface area contributed by atoms with Gasteiger partial charge in [-0.05, 0) is 30.7 Å². The van der Waals surface area contributed by atoms with Crippen LogP contribution in [0.2, 0.25) is 0 Å². The van der Waals surface area contributed by atoms with Crippen molar-refractivity contribution in [3.05, 3.63) is 35.9 Å². The summed E-state index contributed by atoms with van der Waals surface area (Å²) in [5, 5.41) is 0. The number of carbonyl (C=O) groups excluding carboxylic acids is 1. The van der Waals surface area contributed by atoms with E-state index >= 15 is 0 Å². The van der Waals surface area contributed by atoms with E-state index < -0.39 is 5.97 Å². The molecule has 0 aliphatic carbocycles. The predicted octanol–water partition coefficient (Wildman–Crippen LogP) is 1.60. The molecule has 1 rings (SSSR count). The zero-order valence-corrected chi connectivity index (χ0v) is 9.89. The number of carbonyl (C=O) groups is 1. The zero-order valence-electron chi connectivity index (χ0n) is 9.89. The van der Waals surface area contributed by atoms with E-state index in [-0.39, 0.29) is 6.61 Å². The van der Waals surface area contributed by atoms with E-state index in [0.717, 1.165) is 12.0 Å². The lowest BCUT2D eigenvalue weighted by Gasteiger charge is -2.04. The van der Waals surface area contributed by atoms with E-state index in [1.54, 1.807) is 0 Å². The summed E-state index contributed by atoms with van der Waals surface area (Å²) in [4.78, 5) is 10.9. The minimum Gasteiger partial charge on any atom is -0.482 e. The van der Waals surface area contributed by atoms with Gasteiger partial charge in [-0.15, -0.1) is 0 Å². The van der Waals surface area contributed by atoms with Crippen LogP contribution in [0.25, 0.3) is 6.08 Å². The van der Waals surface area contributed by atoms with Crippen molar-refractivity contribution in [1.82, 2.24) is 0 Å². The smallest absolute Gasteiger partial charge is 0.343 e. The minimum absolute atomic E-state index is 0.0706. The second kappa shape index (κ2) is 7.46. The number of nitrogens with two attached hydrogens (primary N) is 1. The number of rotatable bonds is 6. The van der Waals surface area contributed by atoms with Gasteiger partial charge in [-0.3, -0.25) is 0 Å². The number of benzene rings is 1. The highest BCUT2D eigenvalue weighted by Gasteiger charge is 2.00. The molecule has 0 aromatic heterocycles. The average Bonchev–Trinajstić information content (AvgIpc) is 2.37. The fraction of sp³-hybridized carbons (Fsp3) is 0.308. The number of ether oxygens (including phenoxy) is 2. The van der Waals surface area contributed by atoms with Gasteiger partial charge in [-0.2, -0.15) is 0 Å². The topological polar surface area (TPSA) is 61.5 Å². The highest BCUT2D eigenvalue weighted by atomic mass is 16.6. The Balaban J connectivity index is 2.47. The van der Waals surface area contributed by atoms with Crippen LogP contribution < -0.4 is 10.5 Å². The van der Waals surface area contributed by atoms with Crippen LogP contribution in [0.15, 0.2) is 30.3 Å².